The number of aryl methyl sites for hydroxylation is 3. The van der Waals surface area contributed by atoms with E-state index in [-0.39, 0.29) is 0 Å². The van der Waals surface area contributed by atoms with E-state index in [1.54, 1.807) is 6.33 Å². The van der Waals surface area contributed by atoms with Crippen molar-refractivity contribution in [2.75, 3.05) is 0 Å². The van der Waals surface area contributed by atoms with Crippen molar-refractivity contribution >= 4 is 27.2 Å². The van der Waals surface area contributed by atoms with Crippen molar-refractivity contribution in [1.29, 1.82) is 0 Å². The molecule has 0 aromatic carbocycles. The van der Waals surface area contributed by atoms with Crippen LogP contribution in [0.2, 0.25) is 0 Å². The van der Waals surface area contributed by atoms with E-state index in [1.165, 1.54) is 47.9 Å². The lowest BCUT2D eigenvalue weighted by molar-refractivity contribution is 0.713. The third kappa shape index (κ3) is 1.40. The first-order valence-corrected chi connectivity index (χ1v) is 7.27. The Kier molecular flexibility index (Phi) is 2.17. The molecular weight excluding hydrogens is 244 g/mol. The quantitative estimate of drug-likeness (QED) is 0.582. The lowest BCUT2D eigenvalue weighted by atomic mass is 10.1. The summed E-state index contributed by atoms with van der Waals surface area (Å²) in [6.45, 7) is 1.93. The van der Waals surface area contributed by atoms with Crippen molar-refractivity contribution in [2.45, 2.75) is 39.0 Å². The summed E-state index contributed by atoms with van der Waals surface area (Å²) in [5.74, 6) is 0.817. The average Bonchev–Trinajstić information content (AvgIpc) is 2.81. The number of hydrogen-bond donors (Lipinski definition) is 0. The second-order valence-corrected chi connectivity index (χ2v) is 6.00. The molecule has 0 amide bonds. The van der Waals surface area contributed by atoms with Crippen LogP contribution in [0, 0.1) is 6.92 Å². The third-order valence-electron chi connectivity index (χ3n) is 3.65. The zero-order valence-corrected chi connectivity index (χ0v) is 11.1. The van der Waals surface area contributed by atoms with Gasteiger partial charge in [0.2, 0.25) is 0 Å². The van der Waals surface area contributed by atoms with Crippen LogP contribution in [-0.2, 0) is 12.8 Å². The van der Waals surface area contributed by atoms with E-state index < -0.39 is 0 Å². The van der Waals surface area contributed by atoms with Gasteiger partial charge in [-0.1, -0.05) is 6.42 Å². The molecule has 18 heavy (non-hydrogen) atoms. The minimum Gasteiger partial charge on any atom is -0.225 e. The molecule has 0 N–H and O–H groups in total. The summed E-state index contributed by atoms with van der Waals surface area (Å²) in [6.07, 6.45) is 8.09. The molecule has 0 saturated heterocycles. The Morgan fingerprint density at radius 2 is 2.11 bits per heavy atom. The Balaban J connectivity index is 2.12. The van der Waals surface area contributed by atoms with Crippen molar-refractivity contribution in [1.82, 2.24) is 19.6 Å². The third-order valence-corrected chi connectivity index (χ3v) is 4.85. The highest BCUT2D eigenvalue weighted by molar-refractivity contribution is 7.19. The van der Waals surface area contributed by atoms with Gasteiger partial charge in [0, 0.05) is 4.88 Å². The highest BCUT2D eigenvalue weighted by Crippen LogP contribution is 2.36. The second-order valence-electron chi connectivity index (χ2n) is 4.92. The first-order chi connectivity index (χ1) is 8.83. The average molecular weight is 258 g/mol. The molecular formula is C13H14N4S. The van der Waals surface area contributed by atoms with Crippen LogP contribution in [0.5, 0.6) is 0 Å². The van der Waals surface area contributed by atoms with Crippen molar-refractivity contribution in [2.24, 2.45) is 0 Å². The van der Waals surface area contributed by atoms with E-state index in [0.29, 0.717) is 0 Å². The van der Waals surface area contributed by atoms with Crippen LogP contribution < -0.4 is 0 Å². The van der Waals surface area contributed by atoms with Crippen LogP contribution in [-0.4, -0.2) is 19.6 Å². The van der Waals surface area contributed by atoms with Gasteiger partial charge in [-0.05, 0) is 38.2 Å². The summed E-state index contributed by atoms with van der Waals surface area (Å²) in [5.41, 5.74) is 2.47. The maximum atomic E-state index is 4.57. The Labute approximate surface area is 109 Å². The monoisotopic (exact) mass is 258 g/mol. The maximum Gasteiger partial charge on any atom is 0.167 e. The van der Waals surface area contributed by atoms with Crippen LogP contribution in [0.15, 0.2) is 6.33 Å². The van der Waals surface area contributed by atoms with E-state index in [9.17, 15) is 0 Å². The fraction of sp³-hybridized carbons (Fsp3) is 0.462. The lowest BCUT2D eigenvalue weighted by Crippen LogP contribution is -1.92. The summed E-state index contributed by atoms with van der Waals surface area (Å²) < 4.78 is 1.82. The topological polar surface area (TPSA) is 43.1 Å². The predicted octanol–water partition coefficient (Wildman–Crippen LogP) is 2.92. The minimum absolute atomic E-state index is 0.817. The summed E-state index contributed by atoms with van der Waals surface area (Å²) in [4.78, 5) is 11.8. The lowest BCUT2D eigenvalue weighted by Gasteiger charge is -1.98. The smallest absolute Gasteiger partial charge is 0.167 e. The fourth-order valence-electron chi connectivity index (χ4n) is 2.84. The maximum absolute atomic E-state index is 4.57. The number of thiophene rings is 1. The first-order valence-electron chi connectivity index (χ1n) is 6.45. The van der Waals surface area contributed by atoms with Crippen LogP contribution in [0.3, 0.4) is 0 Å². The summed E-state index contributed by atoms with van der Waals surface area (Å²) >= 11 is 1.84. The predicted molar refractivity (Wildman–Crippen MR) is 72.2 cm³/mol. The molecule has 0 radical (unpaired) electrons. The molecule has 3 heterocycles. The second kappa shape index (κ2) is 3.75. The van der Waals surface area contributed by atoms with Gasteiger partial charge in [-0.15, -0.1) is 11.3 Å². The standard InChI is InChI=1S/C13H14N4S/c1-8-15-12-11-9-5-3-2-4-6-10(9)18-13(11)14-7-17(12)16-8/h7H,2-6H2,1H3. The molecule has 1 aliphatic carbocycles. The first kappa shape index (κ1) is 10.4. The van der Waals surface area contributed by atoms with Gasteiger partial charge in [-0.2, -0.15) is 5.10 Å². The van der Waals surface area contributed by atoms with E-state index in [0.717, 1.165) is 16.3 Å². The molecule has 0 aliphatic heterocycles. The van der Waals surface area contributed by atoms with Crippen molar-refractivity contribution in [3.63, 3.8) is 0 Å². The Hall–Kier alpha value is -1.49. The number of nitrogens with zero attached hydrogens (tertiary/aromatic N) is 4. The molecule has 0 bridgehead atoms. The van der Waals surface area contributed by atoms with E-state index >= 15 is 0 Å². The van der Waals surface area contributed by atoms with E-state index in [4.69, 9.17) is 0 Å². The SMILES string of the molecule is Cc1nc2c3c4c(sc3ncn2n1)CCCCC4. The Morgan fingerprint density at radius 1 is 1.22 bits per heavy atom. The highest BCUT2D eigenvalue weighted by Gasteiger charge is 2.19. The Bertz CT molecular complexity index is 740. The molecule has 0 atom stereocenters. The van der Waals surface area contributed by atoms with Gasteiger partial charge >= 0.3 is 0 Å². The molecule has 0 saturated carbocycles. The number of fused-ring (bicyclic) bond motifs is 5. The minimum atomic E-state index is 0.817. The van der Waals surface area contributed by atoms with Gasteiger partial charge in [0.05, 0.1) is 5.39 Å². The van der Waals surface area contributed by atoms with Crippen LogP contribution in [0.1, 0.15) is 35.5 Å². The molecule has 3 aromatic heterocycles. The molecule has 3 aromatic rings. The van der Waals surface area contributed by atoms with Gasteiger partial charge < -0.3 is 0 Å². The van der Waals surface area contributed by atoms with Crippen molar-refractivity contribution in [3.8, 4) is 0 Å². The zero-order valence-electron chi connectivity index (χ0n) is 10.3. The van der Waals surface area contributed by atoms with Gasteiger partial charge in [0.25, 0.3) is 0 Å². The summed E-state index contributed by atoms with van der Waals surface area (Å²) in [5, 5.41) is 5.61. The van der Waals surface area contributed by atoms with Gasteiger partial charge in [0.1, 0.15) is 17.0 Å². The number of rotatable bonds is 0. The number of aromatic nitrogens is 4. The van der Waals surface area contributed by atoms with Crippen LogP contribution in [0.25, 0.3) is 15.9 Å². The largest absolute Gasteiger partial charge is 0.225 e. The molecule has 4 nitrogen and oxygen atoms in total. The Morgan fingerprint density at radius 3 is 3.06 bits per heavy atom. The zero-order chi connectivity index (χ0) is 12.1. The summed E-state index contributed by atoms with van der Waals surface area (Å²) in [6, 6.07) is 0. The van der Waals surface area contributed by atoms with Crippen LogP contribution >= 0.6 is 11.3 Å². The molecule has 0 fully saturated rings. The summed E-state index contributed by atoms with van der Waals surface area (Å²) in [7, 11) is 0. The molecule has 1 aliphatic rings. The van der Waals surface area contributed by atoms with Gasteiger partial charge in [-0.3, -0.25) is 0 Å². The highest BCUT2D eigenvalue weighted by atomic mass is 32.1. The molecule has 92 valence electrons. The van der Waals surface area contributed by atoms with E-state index in [1.807, 2.05) is 22.8 Å². The van der Waals surface area contributed by atoms with Crippen LogP contribution in [0.4, 0.5) is 0 Å². The van der Waals surface area contributed by atoms with Crippen molar-refractivity contribution in [3.05, 3.63) is 22.6 Å². The molecule has 5 heteroatoms. The number of hydrogen-bond acceptors (Lipinski definition) is 4. The van der Waals surface area contributed by atoms with Crippen molar-refractivity contribution < 1.29 is 0 Å². The molecule has 0 unspecified atom stereocenters. The normalized spacial score (nSPS) is 16.1. The van der Waals surface area contributed by atoms with Gasteiger partial charge in [-0.25, -0.2) is 14.5 Å². The fourth-order valence-corrected chi connectivity index (χ4v) is 4.06. The molecule has 4 rings (SSSR count). The van der Waals surface area contributed by atoms with Gasteiger partial charge in [0.15, 0.2) is 5.65 Å². The molecule has 0 spiro atoms. The van der Waals surface area contributed by atoms with E-state index in [2.05, 4.69) is 15.1 Å².